The zero-order chi connectivity index (χ0) is 37.8. The number of rotatable bonds is 6. The van der Waals surface area contributed by atoms with Gasteiger partial charge in [0.15, 0.2) is 5.82 Å². The molecule has 0 fully saturated rings. The van der Waals surface area contributed by atoms with Crippen molar-refractivity contribution in [2.75, 3.05) is 0 Å². The van der Waals surface area contributed by atoms with Crippen LogP contribution in [0.15, 0.2) is 187 Å². The average molecular weight is 721 g/mol. The Morgan fingerprint density at radius 2 is 0.750 bits per heavy atom. The molecule has 5 heteroatoms. The molecule has 56 heavy (non-hydrogen) atoms. The van der Waals surface area contributed by atoms with Gasteiger partial charge < -0.3 is 0 Å². The zero-order valence-corrected chi connectivity index (χ0v) is 31.0. The molecule has 0 saturated carbocycles. The Morgan fingerprint density at radius 1 is 0.357 bits per heavy atom. The molecule has 8 aromatic carbocycles. The molecule has 0 aliphatic heterocycles. The van der Waals surface area contributed by atoms with Gasteiger partial charge in [0.25, 0.3) is 0 Å². The number of aryl methyl sites for hydroxylation is 2. The average Bonchev–Trinajstić information content (AvgIpc) is 3.48. The molecule has 10 rings (SSSR count). The van der Waals surface area contributed by atoms with Gasteiger partial charge in [-0.3, -0.25) is 9.13 Å². The van der Waals surface area contributed by atoms with E-state index >= 15 is 0 Å². The topological polar surface area (TPSA) is 52.7 Å². The van der Waals surface area contributed by atoms with Gasteiger partial charge in [0.05, 0.1) is 22.4 Å². The molecule has 2 heterocycles. The maximum atomic E-state index is 12.6. The van der Waals surface area contributed by atoms with E-state index in [1.54, 1.807) is 9.13 Å². The third-order valence-corrected chi connectivity index (χ3v) is 11.0. The van der Waals surface area contributed by atoms with Crippen molar-refractivity contribution in [2.45, 2.75) is 0 Å². The van der Waals surface area contributed by atoms with E-state index in [-0.39, 0.29) is 5.69 Å². The molecule has 0 saturated heterocycles. The lowest BCUT2D eigenvalue weighted by Crippen LogP contribution is -2.19. The van der Waals surface area contributed by atoms with Crippen molar-refractivity contribution in [3.05, 3.63) is 192 Å². The summed E-state index contributed by atoms with van der Waals surface area (Å²) in [6, 6.07) is 63.9. The van der Waals surface area contributed by atoms with Gasteiger partial charge in [-0.1, -0.05) is 164 Å². The van der Waals surface area contributed by atoms with Gasteiger partial charge in [-0.15, -0.1) is 0 Å². The minimum Gasteiger partial charge on any atom is -0.295 e. The number of hydrogen-bond donors (Lipinski definition) is 0. The molecule has 266 valence electrons. The highest BCUT2D eigenvalue weighted by Gasteiger charge is 2.18. The fraction of sp³-hybridized carbons (Fsp3) is 0.0392. The molecular weight excluding hydrogens is 685 g/mol. The Balaban J connectivity index is 1.07. The lowest BCUT2D eigenvalue weighted by atomic mass is 9.85. The van der Waals surface area contributed by atoms with Crippen LogP contribution in [0.1, 0.15) is 0 Å². The first kappa shape index (κ1) is 33.2. The smallest absolute Gasteiger partial charge is 0.295 e. The highest BCUT2D eigenvalue weighted by Crippen LogP contribution is 2.44. The van der Waals surface area contributed by atoms with Crippen LogP contribution in [0.25, 0.3) is 99.9 Å². The minimum atomic E-state index is -0.0220. The maximum absolute atomic E-state index is 12.6. The number of imidazole rings is 1. The molecule has 0 aliphatic carbocycles. The summed E-state index contributed by atoms with van der Waals surface area (Å²) in [6.45, 7) is 0. The van der Waals surface area contributed by atoms with Crippen molar-refractivity contribution in [3.8, 4) is 67.3 Å². The summed E-state index contributed by atoms with van der Waals surface area (Å²) in [5.41, 5.74) is 13.6. The molecule has 0 unspecified atom stereocenters. The Kier molecular flexibility index (Phi) is 8.00. The van der Waals surface area contributed by atoms with Gasteiger partial charge in [-0.05, 0) is 73.1 Å². The highest BCUT2D eigenvalue weighted by atomic mass is 16.1. The van der Waals surface area contributed by atoms with Crippen molar-refractivity contribution < 1.29 is 0 Å². The summed E-state index contributed by atoms with van der Waals surface area (Å²) < 4.78 is 3.40. The van der Waals surface area contributed by atoms with E-state index in [9.17, 15) is 4.79 Å². The summed E-state index contributed by atoms with van der Waals surface area (Å²) in [5.74, 6) is 0.704. The minimum absolute atomic E-state index is 0.0220. The number of benzene rings is 8. The second kappa shape index (κ2) is 13.5. The second-order valence-corrected chi connectivity index (χ2v) is 14.3. The Hall–Kier alpha value is -7.37. The van der Waals surface area contributed by atoms with Gasteiger partial charge in [0.2, 0.25) is 0 Å². The van der Waals surface area contributed by atoms with E-state index in [2.05, 4.69) is 140 Å². The van der Waals surface area contributed by atoms with Crippen molar-refractivity contribution in [3.63, 3.8) is 0 Å². The first-order valence-electron chi connectivity index (χ1n) is 18.8. The zero-order valence-electron chi connectivity index (χ0n) is 31.0. The fourth-order valence-electron chi connectivity index (χ4n) is 8.14. The lowest BCUT2D eigenvalue weighted by molar-refractivity contribution is 0.795. The summed E-state index contributed by atoms with van der Waals surface area (Å²) in [5, 5.41) is 4.81. The standard InChI is InChI=1S/C51H36N4O/c1-54-46-30-29-39(31-47(46)55(2)51(54)56)33-21-25-36(26-22-33)48-40-17-9-11-19-42(40)49(43-20-12-10-18-41(43)48)37-27-23-35(24-28-37)45-32-44(34-13-5-3-6-14-34)52-50(53-45)38-15-7-4-8-16-38/h3-32H,1-2H3. The van der Waals surface area contributed by atoms with Gasteiger partial charge in [0.1, 0.15) is 0 Å². The van der Waals surface area contributed by atoms with Crippen LogP contribution in [0.3, 0.4) is 0 Å². The predicted octanol–water partition coefficient (Wildman–Crippen LogP) is 12.0. The van der Waals surface area contributed by atoms with E-state index in [0.717, 1.165) is 61.4 Å². The van der Waals surface area contributed by atoms with E-state index < -0.39 is 0 Å². The van der Waals surface area contributed by atoms with Crippen LogP contribution in [-0.4, -0.2) is 19.1 Å². The Morgan fingerprint density at radius 3 is 1.27 bits per heavy atom. The van der Waals surface area contributed by atoms with Crippen molar-refractivity contribution in [2.24, 2.45) is 14.1 Å². The molecule has 0 amide bonds. The summed E-state index contributed by atoms with van der Waals surface area (Å²) >= 11 is 0. The Bertz CT molecular complexity index is 3030. The highest BCUT2D eigenvalue weighted by molar-refractivity contribution is 6.21. The second-order valence-electron chi connectivity index (χ2n) is 14.3. The van der Waals surface area contributed by atoms with Crippen LogP contribution in [0.5, 0.6) is 0 Å². The van der Waals surface area contributed by atoms with Crippen LogP contribution >= 0.6 is 0 Å². The molecule has 0 atom stereocenters. The third kappa shape index (κ3) is 5.60. The van der Waals surface area contributed by atoms with E-state index in [0.29, 0.717) is 5.82 Å². The monoisotopic (exact) mass is 720 g/mol. The van der Waals surface area contributed by atoms with Gasteiger partial charge >= 0.3 is 5.69 Å². The van der Waals surface area contributed by atoms with Crippen LogP contribution in [0, 0.1) is 0 Å². The van der Waals surface area contributed by atoms with Crippen molar-refractivity contribution in [1.82, 2.24) is 19.1 Å². The molecule has 5 nitrogen and oxygen atoms in total. The largest absolute Gasteiger partial charge is 0.328 e. The van der Waals surface area contributed by atoms with Crippen molar-refractivity contribution in [1.29, 1.82) is 0 Å². The first-order chi connectivity index (χ1) is 27.5. The quantitative estimate of drug-likeness (QED) is 0.161. The molecule has 0 aliphatic rings. The molecule has 0 radical (unpaired) electrons. The number of aromatic nitrogens is 4. The predicted molar refractivity (Wildman–Crippen MR) is 231 cm³/mol. The third-order valence-electron chi connectivity index (χ3n) is 11.0. The number of fused-ring (bicyclic) bond motifs is 3. The fourth-order valence-corrected chi connectivity index (χ4v) is 8.14. The van der Waals surface area contributed by atoms with E-state index in [1.807, 2.05) is 56.6 Å². The molecule has 0 spiro atoms. The van der Waals surface area contributed by atoms with Crippen LogP contribution in [-0.2, 0) is 14.1 Å². The van der Waals surface area contributed by atoms with Crippen LogP contribution in [0.4, 0.5) is 0 Å². The number of nitrogens with zero attached hydrogens (tertiary/aromatic N) is 4. The normalized spacial score (nSPS) is 11.5. The number of hydrogen-bond acceptors (Lipinski definition) is 3. The summed E-state index contributed by atoms with van der Waals surface area (Å²) in [4.78, 5) is 22.6. The SMILES string of the molecule is Cn1c(=O)n(C)c2cc(-c3ccc(-c4c5ccccc5c(-c5ccc(-c6cc(-c7ccccc7)nc(-c7ccccc7)n6)cc5)c5ccccc45)cc3)ccc21. The van der Waals surface area contributed by atoms with Crippen LogP contribution in [0.2, 0.25) is 0 Å². The Labute approximate surface area is 324 Å². The maximum Gasteiger partial charge on any atom is 0.328 e. The summed E-state index contributed by atoms with van der Waals surface area (Å²) in [7, 11) is 3.64. The van der Waals surface area contributed by atoms with E-state index in [1.165, 1.54) is 32.7 Å². The van der Waals surface area contributed by atoms with Gasteiger partial charge in [-0.2, -0.15) is 0 Å². The van der Waals surface area contributed by atoms with Crippen LogP contribution < -0.4 is 5.69 Å². The lowest BCUT2D eigenvalue weighted by Gasteiger charge is -2.18. The van der Waals surface area contributed by atoms with Gasteiger partial charge in [-0.25, -0.2) is 14.8 Å². The molecule has 2 aromatic heterocycles. The van der Waals surface area contributed by atoms with Gasteiger partial charge in [0, 0.05) is 30.8 Å². The first-order valence-corrected chi connectivity index (χ1v) is 18.8. The molecular formula is C51H36N4O. The molecule has 10 aromatic rings. The summed E-state index contributed by atoms with van der Waals surface area (Å²) in [6.07, 6.45) is 0. The molecule has 0 N–H and O–H groups in total. The van der Waals surface area contributed by atoms with E-state index in [4.69, 9.17) is 9.97 Å². The molecule has 0 bridgehead atoms. The van der Waals surface area contributed by atoms with Crippen molar-refractivity contribution >= 4 is 32.6 Å².